The Bertz CT molecular complexity index is 196. The zero-order valence-electron chi connectivity index (χ0n) is 14.1. The molecule has 1 N–H and O–H groups in total. The second-order valence-corrected chi connectivity index (χ2v) is 6.61. The highest BCUT2D eigenvalue weighted by molar-refractivity contribution is 4.62. The fourth-order valence-corrected chi connectivity index (χ4v) is 3.59. The van der Waals surface area contributed by atoms with E-state index >= 15 is 0 Å². The smallest absolute Gasteiger partial charge is 0.0874 e. The van der Waals surface area contributed by atoms with E-state index in [4.69, 9.17) is 0 Å². The Morgan fingerprint density at radius 1 is 0.800 bits per heavy atom. The van der Waals surface area contributed by atoms with E-state index in [0.717, 1.165) is 6.04 Å². The van der Waals surface area contributed by atoms with Crippen LogP contribution in [0.2, 0.25) is 0 Å². The molecule has 0 aliphatic carbocycles. The predicted octanol–water partition coefficient (Wildman–Crippen LogP) is 1.37. The largest absolute Gasteiger partial charge is 1.00 e. The van der Waals surface area contributed by atoms with E-state index in [0.29, 0.717) is 0 Å². The molecule has 122 valence electrons. The van der Waals surface area contributed by atoms with Gasteiger partial charge in [0.1, 0.15) is 0 Å². The molecule has 1 rings (SSSR count). The summed E-state index contributed by atoms with van der Waals surface area (Å²) >= 11 is 0. The molecule has 0 radical (unpaired) electrons. The molecule has 0 aromatic rings. The van der Waals surface area contributed by atoms with Gasteiger partial charge in [-0.05, 0) is 44.9 Å². The van der Waals surface area contributed by atoms with Gasteiger partial charge in [-0.2, -0.15) is 0 Å². The summed E-state index contributed by atoms with van der Waals surface area (Å²) in [5, 5.41) is 0. The summed E-state index contributed by atoms with van der Waals surface area (Å²) in [5.74, 6) is 0. The minimum Gasteiger partial charge on any atom is -1.00 e. The molecule has 1 nitrogen and oxygen atoms in total. The highest BCUT2D eigenvalue weighted by Gasteiger charge is 2.24. The maximum atomic E-state index is 2.33. The van der Waals surface area contributed by atoms with E-state index in [2.05, 4.69) is 13.8 Å². The first-order valence-corrected chi connectivity index (χ1v) is 9.23. The number of hydrogen-bond donors (Lipinski definition) is 1. The quantitative estimate of drug-likeness (QED) is 0.550. The van der Waals surface area contributed by atoms with Crippen molar-refractivity contribution in [2.24, 2.45) is 0 Å². The van der Waals surface area contributed by atoms with Crippen molar-refractivity contribution in [3.8, 4) is 0 Å². The number of quaternary nitrogens is 1. The van der Waals surface area contributed by atoms with Gasteiger partial charge in [0.25, 0.3) is 0 Å². The van der Waals surface area contributed by atoms with Crippen molar-refractivity contribution < 1.29 is 17.3 Å². The van der Waals surface area contributed by atoms with Gasteiger partial charge in [0.2, 0.25) is 0 Å². The SMILES string of the molecule is CCCCCCCCC[NH+]1CCCCC1CCCC.[Cl-]. The number of piperidine rings is 1. The van der Waals surface area contributed by atoms with Crippen molar-refractivity contribution in [2.75, 3.05) is 13.1 Å². The first-order chi connectivity index (χ1) is 9.38. The Hall–Kier alpha value is 0.250. The Morgan fingerprint density at radius 2 is 1.45 bits per heavy atom. The zero-order valence-corrected chi connectivity index (χ0v) is 14.8. The fraction of sp³-hybridized carbons (Fsp3) is 1.00. The Balaban J connectivity index is 0.00000361. The number of hydrogen-bond acceptors (Lipinski definition) is 0. The van der Waals surface area contributed by atoms with Gasteiger partial charge in [0.05, 0.1) is 19.1 Å². The lowest BCUT2D eigenvalue weighted by Gasteiger charge is -2.32. The van der Waals surface area contributed by atoms with Crippen LogP contribution < -0.4 is 17.3 Å². The summed E-state index contributed by atoms with van der Waals surface area (Å²) in [6.07, 6.45) is 19.0. The van der Waals surface area contributed by atoms with Crippen molar-refractivity contribution in [1.29, 1.82) is 0 Å². The average Bonchev–Trinajstić information content (AvgIpc) is 2.45. The van der Waals surface area contributed by atoms with E-state index in [1.54, 1.807) is 0 Å². The highest BCUT2D eigenvalue weighted by atomic mass is 35.5. The average molecular weight is 304 g/mol. The van der Waals surface area contributed by atoms with Gasteiger partial charge >= 0.3 is 0 Å². The maximum Gasteiger partial charge on any atom is 0.0874 e. The summed E-state index contributed by atoms with van der Waals surface area (Å²) < 4.78 is 0. The van der Waals surface area contributed by atoms with Gasteiger partial charge in [0, 0.05) is 0 Å². The molecule has 1 saturated heterocycles. The Morgan fingerprint density at radius 3 is 2.15 bits per heavy atom. The second kappa shape index (κ2) is 14.2. The molecular weight excluding hydrogens is 266 g/mol. The van der Waals surface area contributed by atoms with Crippen molar-refractivity contribution in [1.82, 2.24) is 0 Å². The van der Waals surface area contributed by atoms with Gasteiger partial charge in [-0.15, -0.1) is 0 Å². The molecule has 20 heavy (non-hydrogen) atoms. The standard InChI is InChI=1S/C18H37N.ClH/c1-3-5-7-8-9-10-12-16-19-17-13-11-15-18(19)14-6-4-2;/h18H,3-17H2,1-2H3;1H. The van der Waals surface area contributed by atoms with E-state index < -0.39 is 0 Å². The molecule has 0 saturated carbocycles. The van der Waals surface area contributed by atoms with Crippen LogP contribution in [0.1, 0.15) is 97.3 Å². The van der Waals surface area contributed by atoms with E-state index in [1.807, 2.05) is 4.90 Å². The third-order valence-corrected chi connectivity index (χ3v) is 4.89. The Labute approximate surface area is 134 Å². The summed E-state index contributed by atoms with van der Waals surface area (Å²) in [5.41, 5.74) is 0. The number of unbranched alkanes of at least 4 members (excludes halogenated alkanes) is 7. The minimum atomic E-state index is 0. The minimum absolute atomic E-state index is 0. The molecule has 0 amide bonds. The van der Waals surface area contributed by atoms with E-state index in [9.17, 15) is 0 Å². The molecule has 0 aromatic carbocycles. The predicted molar refractivity (Wildman–Crippen MR) is 85.9 cm³/mol. The van der Waals surface area contributed by atoms with Crippen LogP contribution in [0.4, 0.5) is 0 Å². The lowest BCUT2D eigenvalue weighted by Crippen LogP contribution is -3.16. The second-order valence-electron chi connectivity index (χ2n) is 6.61. The van der Waals surface area contributed by atoms with Crippen LogP contribution >= 0.6 is 0 Å². The van der Waals surface area contributed by atoms with Crippen molar-refractivity contribution >= 4 is 0 Å². The molecule has 1 aliphatic rings. The van der Waals surface area contributed by atoms with Gasteiger partial charge in [-0.25, -0.2) is 0 Å². The topological polar surface area (TPSA) is 4.44 Å². The van der Waals surface area contributed by atoms with Crippen LogP contribution in [-0.2, 0) is 0 Å². The van der Waals surface area contributed by atoms with Crippen molar-refractivity contribution in [3.05, 3.63) is 0 Å². The lowest BCUT2D eigenvalue weighted by molar-refractivity contribution is -0.931. The van der Waals surface area contributed by atoms with Crippen molar-refractivity contribution in [3.63, 3.8) is 0 Å². The lowest BCUT2D eigenvalue weighted by atomic mass is 9.97. The van der Waals surface area contributed by atoms with Gasteiger partial charge < -0.3 is 17.3 Å². The summed E-state index contributed by atoms with van der Waals surface area (Å²) in [6, 6.07) is 1.01. The molecule has 2 heteroatoms. The first-order valence-electron chi connectivity index (χ1n) is 9.23. The highest BCUT2D eigenvalue weighted by Crippen LogP contribution is 2.10. The molecule has 2 atom stereocenters. The maximum absolute atomic E-state index is 2.33. The third kappa shape index (κ3) is 9.23. The van der Waals surface area contributed by atoms with Crippen LogP contribution in [-0.4, -0.2) is 19.1 Å². The van der Waals surface area contributed by atoms with Gasteiger partial charge in [-0.3, -0.25) is 0 Å². The van der Waals surface area contributed by atoms with E-state index in [1.165, 1.54) is 96.6 Å². The van der Waals surface area contributed by atoms with Crippen LogP contribution in [0.5, 0.6) is 0 Å². The number of nitrogens with one attached hydrogen (secondary N) is 1. The van der Waals surface area contributed by atoms with Crippen molar-refractivity contribution in [2.45, 2.75) is 103 Å². The zero-order chi connectivity index (χ0) is 13.8. The first kappa shape index (κ1) is 20.2. The molecule has 2 unspecified atom stereocenters. The normalized spacial score (nSPS) is 22.5. The molecule has 1 aliphatic heterocycles. The fourth-order valence-electron chi connectivity index (χ4n) is 3.59. The van der Waals surface area contributed by atoms with Gasteiger partial charge in [0.15, 0.2) is 0 Å². The molecular formula is C18H38ClN. The number of halogens is 1. The number of rotatable bonds is 11. The third-order valence-electron chi connectivity index (χ3n) is 4.89. The van der Waals surface area contributed by atoms with Crippen LogP contribution in [0.3, 0.4) is 0 Å². The molecule has 1 fully saturated rings. The van der Waals surface area contributed by atoms with Crippen LogP contribution in [0, 0.1) is 0 Å². The molecule has 0 spiro atoms. The summed E-state index contributed by atoms with van der Waals surface area (Å²) in [7, 11) is 0. The summed E-state index contributed by atoms with van der Waals surface area (Å²) in [6.45, 7) is 7.56. The van der Waals surface area contributed by atoms with Crippen LogP contribution in [0.25, 0.3) is 0 Å². The molecule has 0 aromatic heterocycles. The molecule has 0 bridgehead atoms. The number of likely N-dealkylation sites (tertiary alicyclic amines) is 1. The van der Waals surface area contributed by atoms with E-state index in [-0.39, 0.29) is 12.4 Å². The molecule has 1 heterocycles. The Kier molecular flexibility index (Phi) is 14.4. The van der Waals surface area contributed by atoms with Crippen LogP contribution in [0.15, 0.2) is 0 Å². The monoisotopic (exact) mass is 303 g/mol. The summed E-state index contributed by atoms with van der Waals surface area (Å²) in [4.78, 5) is 1.95. The van der Waals surface area contributed by atoms with Gasteiger partial charge in [-0.1, -0.05) is 52.4 Å².